The van der Waals surface area contributed by atoms with Gasteiger partial charge in [-0.1, -0.05) is 24.3 Å². The second-order valence-electron chi connectivity index (χ2n) is 4.38. The van der Waals surface area contributed by atoms with E-state index in [2.05, 4.69) is 0 Å². The standard InChI is InChI=1S/C15H9F5O/c16-14(17)11-3-1-10(2-4-11)12-5-9(8-21)6-13(7-12)15(18,19)20/h1-8,14H. The van der Waals surface area contributed by atoms with Gasteiger partial charge in [0.05, 0.1) is 5.56 Å². The van der Waals surface area contributed by atoms with Gasteiger partial charge in [0.25, 0.3) is 6.43 Å². The number of carbonyl (C=O) groups excluding carboxylic acids is 1. The van der Waals surface area contributed by atoms with E-state index in [0.717, 1.165) is 24.3 Å². The number of alkyl halides is 5. The normalized spacial score (nSPS) is 11.7. The number of aldehydes is 1. The van der Waals surface area contributed by atoms with Crippen LogP contribution in [0.15, 0.2) is 42.5 Å². The number of hydrogen-bond donors (Lipinski definition) is 0. The van der Waals surface area contributed by atoms with Gasteiger partial charge >= 0.3 is 6.18 Å². The fraction of sp³-hybridized carbons (Fsp3) is 0.133. The average molecular weight is 300 g/mol. The highest BCUT2D eigenvalue weighted by Crippen LogP contribution is 2.33. The zero-order valence-electron chi connectivity index (χ0n) is 10.5. The average Bonchev–Trinajstić information content (AvgIpc) is 2.46. The molecule has 0 heterocycles. The van der Waals surface area contributed by atoms with Crippen LogP contribution in [0.3, 0.4) is 0 Å². The summed E-state index contributed by atoms with van der Waals surface area (Å²) in [6.45, 7) is 0. The van der Waals surface area contributed by atoms with Crippen molar-refractivity contribution in [3.05, 3.63) is 59.2 Å². The molecule has 0 N–H and O–H groups in total. The number of rotatable bonds is 3. The van der Waals surface area contributed by atoms with Gasteiger partial charge in [-0.15, -0.1) is 0 Å². The SMILES string of the molecule is O=Cc1cc(-c2ccc(C(F)F)cc2)cc(C(F)(F)F)c1. The molecule has 110 valence electrons. The van der Waals surface area contributed by atoms with Crippen LogP contribution in [0.1, 0.15) is 27.9 Å². The van der Waals surface area contributed by atoms with Crippen LogP contribution in [-0.2, 0) is 6.18 Å². The lowest BCUT2D eigenvalue weighted by atomic mass is 9.99. The summed E-state index contributed by atoms with van der Waals surface area (Å²) in [5.74, 6) is 0. The van der Waals surface area contributed by atoms with Gasteiger partial charge in [-0.05, 0) is 29.3 Å². The first-order chi connectivity index (χ1) is 9.81. The van der Waals surface area contributed by atoms with Gasteiger partial charge < -0.3 is 0 Å². The van der Waals surface area contributed by atoms with Gasteiger partial charge in [0, 0.05) is 11.1 Å². The maximum atomic E-state index is 12.8. The monoisotopic (exact) mass is 300 g/mol. The van der Waals surface area contributed by atoms with Crippen molar-refractivity contribution in [1.29, 1.82) is 0 Å². The summed E-state index contributed by atoms with van der Waals surface area (Å²) in [5.41, 5.74) is -0.833. The molecule has 0 saturated carbocycles. The molecule has 1 nitrogen and oxygen atoms in total. The first kappa shape index (κ1) is 15.2. The van der Waals surface area contributed by atoms with Crippen LogP contribution in [0, 0.1) is 0 Å². The Kier molecular flexibility index (Phi) is 4.06. The highest BCUT2D eigenvalue weighted by Gasteiger charge is 2.31. The Morgan fingerprint density at radius 1 is 0.905 bits per heavy atom. The molecule has 0 spiro atoms. The van der Waals surface area contributed by atoms with E-state index in [1.54, 1.807) is 0 Å². The fourth-order valence-electron chi connectivity index (χ4n) is 1.87. The Morgan fingerprint density at radius 2 is 1.52 bits per heavy atom. The third-order valence-electron chi connectivity index (χ3n) is 2.91. The van der Waals surface area contributed by atoms with Gasteiger partial charge in [-0.3, -0.25) is 4.79 Å². The molecule has 0 aliphatic heterocycles. The van der Waals surface area contributed by atoms with Crippen LogP contribution in [0.4, 0.5) is 22.0 Å². The molecule has 0 unspecified atom stereocenters. The lowest BCUT2D eigenvalue weighted by molar-refractivity contribution is -0.137. The summed E-state index contributed by atoms with van der Waals surface area (Å²) in [6, 6.07) is 7.77. The summed E-state index contributed by atoms with van der Waals surface area (Å²) in [6.07, 6.45) is -6.92. The predicted octanol–water partition coefficient (Wildman–Crippen LogP) is 5.12. The minimum atomic E-state index is -4.59. The summed E-state index contributed by atoms with van der Waals surface area (Å²) >= 11 is 0. The molecular formula is C15H9F5O. The van der Waals surface area contributed by atoms with Gasteiger partial charge in [-0.2, -0.15) is 13.2 Å². The van der Waals surface area contributed by atoms with Gasteiger partial charge in [0.2, 0.25) is 0 Å². The summed E-state index contributed by atoms with van der Waals surface area (Å²) < 4.78 is 63.2. The quantitative estimate of drug-likeness (QED) is 0.568. The number of benzene rings is 2. The molecule has 0 saturated heterocycles. The van der Waals surface area contributed by atoms with Crippen molar-refractivity contribution in [1.82, 2.24) is 0 Å². The van der Waals surface area contributed by atoms with Crippen molar-refractivity contribution in [2.75, 3.05) is 0 Å². The highest BCUT2D eigenvalue weighted by molar-refractivity contribution is 5.79. The first-order valence-electron chi connectivity index (χ1n) is 5.87. The largest absolute Gasteiger partial charge is 0.416 e. The second kappa shape index (κ2) is 5.63. The molecule has 0 atom stereocenters. The molecule has 0 aliphatic carbocycles. The maximum absolute atomic E-state index is 12.8. The van der Waals surface area contributed by atoms with E-state index < -0.39 is 18.2 Å². The van der Waals surface area contributed by atoms with E-state index in [1.165, 1.54) is 18.2 Å². The summed E-state index contributed by atoms with van der Waals surface area (Å²) in [7, 11) is 0. The van der Waals surface area contributed by atoms with Crippen LogP contribution in [0.2, 0.25) is 0 Å². The molecule has 2 aromatic rings. The van der Waals surface area contributed by atoms with E-state index in [4.69, 9.17) is 0 Å². The van der Waals surface area contributed by atoms with E-state index in [9.17, 15) is 26.7 Å². The van der Waals surface area contributed by atoms with Gasteiger partial charge in [0.15, 0.2) is 0 Å². The lowest BCUT2D eigenvalue weighted by Crippen LogP contribution is -2.06. The third-order valence-corrected chi connectivity index (χ3v) is 2.91. The smallest absolute Gasteiger partial charge is 0.298 e. The van der Waals surface area contributed by atoms with Gasteiger partial charge in [0.1, 0.15) is 6.29 Å². The number of halogens is 5. The molecule has 2 aromatic carbocycles. The Balaban J connectivity index is 2.50. The van der Waals surface area contributed by atoms with Crippen molar-refractivity contribution in [2.45, 2.75) is 12.6 Å². The molecule has 0 amide bonds. The molecule has 21 heavy (non-hydrogen) atoms. The molecule has 0 fully saturated rings. The van der Waals surface area contributed by atoms with Crippen molar-refractivity contribution in [2.24, 2.45) is 0 Å². The van der Waals surface area contributed by atoms with Crippen LogP contribution in [0.25, 0.3) is 11.1 Å². The number of hydrogen-bond acceptors (Lipinski definition) is 1. The predicted molar refractivity (Wildman–Crippen MR) is 67.2 cm³/mol. The van der Waals surface area contributed by atoms with Crippen molar-refractivity contribution in [3.8, 4) is 11.1 Å². The zero-order valence-corrected chi connectivity index (χ0v) is 10.5. The molecule has 0 aromatic heterocycles. The summed E-state index contributed by atoms with van der Waals surface area (Å²) in [5, 5.41) is 0. The number of carbonyl (C=O) groups is 1. The maximum Gasteiger partial charge on any atom is 0.416 e. The first-order valence-corrected chi connectivity index (χ1v) is 5.87. The topological polar surface area (TPSA) is 17.1 Å². The Labute approximate surface area is 117 Å². The minimum Gasteiger partial charge on any atom is -0.298 e. The van der Waals surface area contributed by atoms with Crippen LogP contribution in [0.5, 0.6) is 0 Å². The lowest BCUT2D eigenvalue weighted by Gasteiger charge is -2.11. The summed E-state index contributed by atoms with van der Waals surface area (Å²) in [4.78, 5) is 10.7. The van der Waals surface area contributed by atoms with E-state index >= 15 is 0 Å². The highest BCUT2D eigenvalue weighted by atomic mass is 19.4. The third kappa shape index (κ3) is 3.45. The second-order valence-corrected chi connectivity index (χ2v) is 4.38. The van der Waals surface area contributed by atoms with Crippen molar-refractivity contribution < 1.29 is 26.7 Å². The Hall–Kier alpha value is -2.24. The van der Waals surface area contributed by atoms with Gasteiger partial charge in [-0.25, -0.2) is 8.78 Å². The molecule has 2 rings (SSSR count). The molecule has 0 bridgehead atoms. The van der Waals surface area contributed by atoms with Crippen LogP contribution in [-0.4, -0.2) is 6.29 Å². The molecular weight excluding hydrogens is 291 g/mol. The van der Waals surface area contributed by atoms with E-state index in [0.29, 0.717) is 11.8 Å². The molecule has 6 heteroatoms. The fourth-order valence-corrected chi connectivity index (χ4v) is 1.87. The van der Waals surface area contributed by atoms with Crippen molar-refractivity contribution in [3.63, 3.8) is 0 Å². The van der Waals surface area contributed by atoms with Crippen molar-refractivity contribution >= 4 is 6.29 Å². The van der Waals surface area contributed by atoms with E-state index in [1.807, 2.05) is 0 Å². The minimum absolute atomic E-state index is 0.127. The van der Waals surface area contributed by atoms with E-state index in [-0.39, 0.29) is 16.7 Å². The van der Waals surface area contributed by atoms with Crippen LogP contribution < -0.4 is 0 Å². The Bertz CT molecular complexity index is 644. The Morgan fingerprint density at radius 3 is 2.00 bits per heavy atom. The molecule has 0 aliphatic rings. The zero-order chi connectivity index (χ0) is 15.6. The van der Waals surface area contributed by atoms with Crippen LogP contribution >= 0.6 is 0 Å². The molecule has 0 radical (unpaired) electrons.